The molecule has 0 aliphatic carbocycles. The van der Waals surface area contributed by atoms with Crippen LogP contribution in [-0.4, -0.2) is 96.7 Å². The van der Waals surface area contributed by atoms with Crippen LogP contribution < -0.4 is 0 Å². The fourth-order valence-electron chi connectivity index (χ4n) is 13.1. The summed E-state index contributed by atoms with van der Waals surface area (Å²) in [7, 11) is -9.93. The van der Waals surface area contributed by atoms with Crippen LogP contribution in [0.15, 0.2) is 0 Å². The zero-order valence-electron chi connectivity index (χ0n) is 67.6. The van der Waals surface area contributed by atoms with Gasteiger partial charge in [-0.15, -0.1) is 0 Å². The number of carbonyl (C=O) groups excluding carboxylic acids is 4. The molecule has 5 atom stereocenters. The molecule has 0 saturated heterocycles. The van der Waals surface area contributed by atoms with Gasteiger partial charge in [0.25, 0.3) is 0 Å². The minimum absolute atomic E-state index is 0.108. The average molecular weight is 1510 g/mol. The molecule has 0 aromatic carbocycles. The molecule has 0 saturated carbocycles. The van der Waals surface area contributed by atoms with E-state index in [0.717, 1.165) is 102 Å². The summed E-state index contributed by atoms with van der Waals surface area (Å²) >= 11 is 0. The number of aliphatic hydroxyl groups excluding tert-OH is 1. The Kier molecular flexibility index (Phi) is 74.1. The molecule has 0 aliphatic rings. The smallest absolute Gasteiger partial charge is 0.462 e. The van der Waals surface area contributed by atoms with E-state index in [9.17, 15) is 43.2 Å². The zero-order chi connectivity index (χ0) is 75.6. The minimum atomic E-state index is -4.96. The van der Waals surface area contributed by atoms with E-state index in [1.54, 1.807) is 0 Å². The van der Waals surface area contributed by atoms with Crippen LogP contribution in [-0.2, 0) is 65.4 Å². The van der Waals surface area contributed by atoms with Gasteiger partial charge >= 0.3 is 39.5 Å². The summed E-state index contributed by atoms with van der Waals surface area (Å²) in [6, 6.07) is 0. The first-order valence-electron chi connectivity index (χ1n) is 43.5. The maximum Gasteiger partial charge on any atom is 0.472 e. The molecule has 2 unspecified atom stereocenters. The monoisotopic (exact) mass is 1510 g/mol. The normalized spacial score (nSPS) is 13.9. The van der Waals surface area contributed by atoms with Gasteiger partial charge in [-0.25, -0.2) is 9.13 Å². The molecular formula is C84H164O17P2. The summed E-state index contributed by atoms with van der Waals surface area (Å²) in [6.45, 7) is 9.67. The molecule has 612 valence electrons. The molecule has 0 aromatic heterocycles. The number of unbranched alkanes of at least 4 members (excludes halogenated alkanes) is 53. The van der Waals surface area contributed by atoms with Crippen molar-refractivity contribution in [3.05, 3.63) is 0 Å². The molecule has 0 amide bonds. The van der Waals surface area contributed by atoms with Crippen LogP contribution in [0.2, 0.25) is 0 Å². The number of hydrogen-bond donors (Lipinski definition) is 3. The van der Waals surface area contributed by atoms with Crippen molar-refractivity contribution in [1.29, 1.82) is 0 Å². The molecule has 0 spiro atoms. The van der Waals surface area contributed by atoms with Crippen LogP contribution in [0.5, 0.6) is 0 Å². The summed E-state index contributed by atoms with van der Waals surface area (Å²) in [5.74, 6) is -0.556. The van der Waals surface area contributed by atoms with Crippen LogP contribution in [0.3, 0.4) is 0 Å². The highest BCUT2D eigenvalue weighted by Crippen LogP contribution is 2.45. The standard InChI is InChI=1S/C84H164O17P2/c1-7-9-11-13-15-17-19-21-23-24-25-29-32-36-42-48-54-60-66-81(86)94-72-79(100-84(89)69-63-57-51-44-38-34-30-26-28-31-35-40-46-52-58-64-76(3)4)74-98-102(90,91)96-70-78(85)71-97-103(92,93)99-75-80(73-95-82(87)67-61-55-49-45-39-41-47-53-59-65-77(5)6)101-83(88)68-62-56-50-43-37-33-27-22-20-18-16-14-12-10-8-2/h76-80,85H,7-75H2,1-6H3,(H,90,91)(H,92,93)/t78-,79-,80-/m1/s1. The van der Waals surface area contributed by atoms with E-state index in [4.69, 9.17) is 37.0 Å². The lowest BCUT2D eigenvalue weighted by atomic mass is 10.0. The van der Waals surface area contributed by atoms with Crippen LogP contribution >= 0.6 is 15.6 Å². The van der Waals surface area contributed by atoms with E-state index in [1.807, 2.05) is 0 Å². The van der Waals surface area contributed by atoms with Gasteiger partial charge in [0.1, 0.15) is 19.3 Å². The van der Waals surface area contributed by atoms with Crippen molar-refractivity contribution in [1.82, 2.24) is 0 Å². The van der Waals surface area contributed by atoms with Crippen molar-refractivity contribution in [2.24, 2.45) is 11.8 Å². The maximum atomic E-state index is 13.1. The van der Waals surface area contributed by atoms with Crippen molar-refractivity contribution in [2.45, 2.75) is 464 Å². The molecule has 0 rings (SSSR count). The van der Waals surface area contributed by atoms with Crippen molar-refractivity contribution in [3.8, 4) is 0 Å². The van der Waals surface area contributed by atoms with Crippen LogP contribution in [0.4, 0.5) is 0 Å². The molecule has 19 heteroatoms. The highest BCUT2D eigenvalue weighted by atomic mass is 31.2. The third-order valence-corrected chi connectivity index (χ3v) is 21.6. The first kappa shape index (κ1) is 101. The fraction of sp³-hybridized carbons (Fsp3) is 0.952. The summed E-state index contributed by atoms with van der Waals surface area (Å²) < 4.78 is 68.9. The lowest BCUT2D eigenvalue weighted by molar-refractivity contribution is -0.161. The Bertz CT molecular complexity index is 1980. The van der Waals surface area contributed by atoms with Gasteiger partial charge in [0, 0.05) is 25.7 Å². The van der Waals surface area contributed by atoms with E-state index >= 15 is 0 Å². The number of ether oxygens (including phenoxy) is 4. The Morgan fingerprint density at radius 1 is 0.262 bits per heavy atom. The first-order valence-corrected chi connectivity index (χ1v) is 46.5. The summed E-state index contributed by atoms with van der Waals surface area (Å²) in [6.07, 6.45) is 66.5. The molecule has 3 N–H and O–H groups in total. The van der Waals surface area contributed by atoms with E-state index in [1.165, 1.54) is 263 Å². The third-order valence-electron chi connectivity index (χ3n) is 19.7. The van der Waals surface area contributed by atoms with Gasteiger partial charge in [0.2, 0.25) is 0 Å². The summed E-state index contributed by atoms with van der Waals surface area (Å²) in [5, 5.41) is 10.7. The molecular weight excluding hydrogens is 1340 g/mol. The number of rotatable bonds is 83. The average Bonchev–Trinajstić information content (AvgIpc) is 0.942. The topological polar surface area (TPSA) is 237 Å². The minimum Gasteiger partial charge on any atom is -0.462 e. The summed E-state index contributed by atoms with van der Waals surface area (Å²) in [5.41, 5.74) is 0. The number of esters is 4. The number of aliphatic hydroxyl groups is 1. The number of phosphoric acid groups is 2. The van der Waals surface area contributed by atoms with Crippen molar-refractivity contribution >= 4 is 39.5 Å². The molecule has 0 radical (unpaired) electrons. The lowest BCUT2D eigenvalue weighted by Gasteiger charge is -2.21. The van der Waals surface area contributed by atoms with Crippen LogP contribution in [0.1, 0.15) is 446 Å². The van der Waals surface area contributed by atoms with E-state index < -0.39 is 97.5 Å². The Morgan fingerprint density at radius 2 is 0.447 bits per heavy atom. The highest BCUT2D eigenvalue weighted by molar-refractivity contribution is 7.47. The number of phosphoric ester groups is 2. The van der Waals surface area contributed by atoms with E-state index in [2.05, 4.69) is 41.5 Å². The molecule has 0 bridgehead atoms. The molecule has 0 fully saturated rings. The lowest BCUT2D eigenvalue weighted by Crippen LogP contribution is -2.30. The van der Waals surface area contributed by atoms with Gasteiger partial charge < -0.3 is 33.8 Å². The van der Waals surface area contributed by atoms with Crippen LogP contribution in [0, 0.1) is 11.8 Å². The van der Waals surface area contributed by atoms with Crippen LogP contribution in [0.25, 0.3) is 0 Å². The second kappa shape index (κ2) is 75.5. The predicted molar refractivity (Wildman–Crippen MR) is 423 cm³/mol. The van der Waals surface area contributed by atoms with Crippen molar-refractivity contribution in [2.75, 3.05) is 39.6 Å². The largest absolute Gasteiger partial charge is 0.472 e. The Morgan fingerprint density at radius 3 is 0.660 bits per heavy atom. The molecule has 0 heterocycles. The molecule has 103 heavy (non-hydrogen) atoms. The van der Waals surface area contributed by atoms with Gasteiger partial charge in [-0.3, -0.25) is 37.3 Å². The predicted octanol–water partition coefficient (Wildman–Crippen LogP) is 25.5. The second-order valence-electron chi connectivity index (χ2n) is 31.2. The van der Waals surface area contributed by atoms with Gasteiger partial charge in [0.15, 0.2) is 12.2 Å². The fourth-order valence-corrected chi connectivity index (χ4v) is 14.6. The SMILES string of the molecule is CCCCCCCCCCCCCCCCCCCCC(=O)OC[C@H](COP(=O)(O)OC[C@@H](O)COP(=O)(O)OC[C@@H](COC(=O)CCCCCCCCCCCC(C)C)OC(=O)CCCCCCCCCCCCCCCCC)OC(=O)CCCCCCCCCCCCCCCCCC(C)C. The molecule has 0 aliphatic heterocycles. The Labute approximate surface area is 632 Å². The van der Waals surface area contributed by atoms with Gasteiger partial charge in [0.05, 0.1) is 26.4 Å². The summed E-state index contributed by atoms with van der Waals surface area (Å²) in [4.78, 5) is 73.2. The van der Waals surface area contributed by atoms with Gasteiger partial charge in [-0.2, -0.15) is 0 Å². The third kappa shape index (κ3) is 78.0. The maximum absolute atomic E-state index is 13.1. The Balaban J connectivity index is 5.26. The second-order valence-corrected chi connectivity index (χ2v) is 34.1. The first-order chi connectivity index (χ1) is 49.9. The van der Waals surface area contributed by atoms with Gasteiger partial charge in [-0.05, 0) is 37.5 Å². The van der Waals surface area contributed by atoms with Crippen molar-refractivity contribution in [3.63, 3.8) is 0 Å². The quantitative estimate of drug-likeness (QED) is 0.0222. The highest BCUT2D eigenvalue weighted by Gasteiger charge is 2.30. The molecule has 17 nitrogen and oxygen atoms in total. The van der Waals surface area contributed by atoms with Crippen molar-refractivity contribution < 1.29 is 80.2 Å². The number of hydrogen-bond acceptors (Lipinski definition) is 15. The Hall–Kier alpha value is -1.94. The molecule has 0 aromatic rings. The van der Waals surface area contributed by atoms with E-state index in [-0.39, 0.29) is 25.7 Å². The zero-order valence-corrected chi connectivity index (χ0v) is 69.4. The van der Waals surface area contributed by atoms with Gasteiger partial charge in [-0.1, -0.05) is 395 Å². The van der Waals surface area contributed by atoms with E-state index in [0.29, 0.717) is 25.7 Å². The number of carbonyl (C=O) groups is 4.